The highest BCUT2D eigenvalue weighted by molar-refractivity contribution is 6.15. The van der Waals surface area contributed by atoms with Crippen molar-refractivity contribution in [3.05, 3.63) is 152 Å². The van der Waals surface area contributed by atoms with E-state index >= 15 is 0 Å². The van der Waals surface area contributed by atoms with Gasteiger partial charge >= 0.3 is 0 Å². The number of para-hydroxylation sites is 2. The van der Waals surface area contributed by atoms with Crippen molar-refractivity contribution in [3.8, 4) is 45.3 Å². The van der Waals surface area contributed by atoms with Gasteiger partial charge in [-0.2, -0.15) is 0 Å². The number of fused-ring (bicyclic) bond motifs is 7. The molecule has 0 aliphatic rings. The molecule has 5 nitrogen and oxygen atoms in total. The van der Waals surface area contributed by atoms with E-state index in [1.165, 1.54) is 0 Å². The lowest BCUT2D eigenvalue weighted by atomic mass is 9.92. The van der Waals surface area contributed by atoms with Gasteiger partial charge in [-0.1, -0.05) is 103 Å². The predicted octanol–water partition coefficient (Wildman–Crippen LogP) is 11.5. The fourth-order valence-electron chi connectivity index (χ4n) is 6.88. The molecule has 10 rings (SSSR count). The normalized spacial score (nSPS) is 11.8. The van der Waals surface area contributed by atoms with E-state index in [4.69, 9.17) is 23.8 Å². The summed E-state index contributed by atoms with van der Waals surface area (Å²) in [4.78, 5) is 15.2. The Morgan fingerprint density at radius 3 is 1.77 bits per heavy atom. The van der Waals surface area contributed by atoms with E-state index in [1.807, 2.05) is 78.9 Å². The Balaban J connectivity index is 1.23. The fourth-order valence-corrected chi connectivity index (χ4v) is 6.88. The van der Waals surface area contributed by atoms with Gasteiger partial charge in [-0.25, -0.2) is 15.0 Å². The van der Waals surface area contributed by atoms with Gasteiger partial charge in [-0.15, -0.1) is 0 Å². The van der Waals surface area contributed by atoms with Crippen LogP contribution in [0.2, 0.25) is 0 Å². The summed E-state index contributed by atoms with van der Waals surface area (Å²) in [7, 11) is 0. The summed E-state index contributed by atoms with van der Waals surface area (Å²) in [5, 5.41) is 6.52. The second-order valence-electron chi connectivity index (χ2n) is 12.0. The zero-order valence-corrected chi connectivity index (χ0v) is 25.6. The van der Waals surface area contributed by atoms with Gasteiger partial charge in [0.15, 0.2) is 17.5 Å². The van der Waals surface area contributed by atoms with Gasteiger partial charge in [0.1, 0.15) is 22.3 Å². The van der Waals surface area contributed by atoms with Crippen LogP contribution in [-0.2, 0) is 0 Å². The van der Waals surface area contributed by atoms with E-state index in [0.717, 1.165) is 82.5 Å². The van der Waals surface area contributed by atoms with Crippen LogP contribution < -0.4 is 0 Å². The fraction of sp³-hybridized carbons (Fsp3) is 0. The van der Waals surface area contributed by atoms with Crippen LogP contribution in [0.1, 0.15) is 0 Å². The lowest BCUT2D eigenvalue weighted by Gasteiger charge is -2.13. The number of nitrogens with zero attached hydrogens (tertiary/aromatic N) is 3. The van der Waals surface area contributed by atoms with Crippen LogP contribution in [0.25, 0.3) is 99.9 Å². The third-order valence-corrected chi connectivity index (χ3v) is 9.12. The predicted molar refractivity (Wildman–Crippen MR) is 194 cm³/mol. The maximum atomic E-state index is 6.28. The smallest absolute Gasteiger partial charge is 0.164 e. The molecule has 7 aromatic carbocycles. The number of hydrogen-bond acceptors (Lipinski definition) is 5. The maximum Gasteiger partial charge on any atom is 0.164 e. The maximum absolute atomic E-state index is 6.28. The van der Waals surface area contributed by atoms with Gasteiger partial charge in [0.25, 0.3) is 0 Å². The van der Waals surface area contributed by atoms with Crippen molar-refractivity contribution >= 4 is 54.6 Å². The quantitative estimate of drug-likeness (QED) is 0.197. The minimum absolute atomic E-state index is 0.601. The molecule has 0 bridgehead atoms. The monoisotopic (exact) mass is 615 g/mol. The molecule has 0 amide bonds. The van der Waals surface area contributed by atoms with E-state index in [9.17, 15) is 0 Å². The molecule has 48 heavy (non-hydrogen) atoms. The first-order valence-corrected chi connectivity index (χ1v) is 15.9. The molecule has 0 saturated carbocycles. The van der Waals surface area contributed by atoms with Gasteiger partial charge in [0.2, 0.25) is 0 Å². The molecule has 0 aliphatic carbocycles. The van der Waals surface area contributed by atoms with Crippen LogP contribution in [0.15, 0.2) is 160 Å². The average molecular weight is 616 g/mol. The van der Waals surface area contributed by atoms with E-state index < -0.39 is 0 Å². The highest BCUT2D eigenvalue weighted by atomic mass is 16.3. The lowest BCUT2D eigenvalue weighted by molar-refractivity contribution is 0.668. The van der Waals surface area contributed by atoms with E-state index in [2.05, 4.69) is 72.8 Å². The molecule has 10 aromatic rings. The summed E-state index contributed by atoms with van der Waals surface area (Å²) < 4.78 is 12.4. The molecule has 3 heterocycles. The number of furan rings is 2. The molecule has 0 aliphatic heterocycles. The summed E-state index contributed by atoms with van der Waals surface area (Å²) in [5.74, 6) is 1.82. The Hall–Kier alpha value is -6.59. The van der Waals surface area contributed by atoms with Crippen LogP contribution in [-0.4, -0.2) is 15.0 Å². The SMILES string of the molecule is c1ccc(-c2nc(-c3cc(-c4cccc5oc6ccccc6c45)c4ccccc4c3)nc(-c3ccc4oc5ccccc5c4c3)n2)cc1. The Bertz CT molecular complexity index is 2850. The van der Waals surface area contributed by atoms with Gasteiger partial charge in [0.05, 0.1) is 0 Å². The minimum atomic E-state index is 0.601. The van der Waals surface area contributed by atoms with Crippen LogP contribution >= 0.6 is 0 Å². The second kappa shape index (κ2) is 10.5. The Kier molecular flexibility index (Phi) is 5.81. The third kappa shape index (κ3) is 4.22. The van der Waals surface area contributed by atoms with Crippen LogP contribution in [0.4, 0.5) is 0 Å². The second-order valence-corrected chi connectivity index (χ2v) is 12.0. The number of aromatic nitrogens is 3. The molecule has 0 unspecified atom stereocenters. The third-order valence-electron chi connectivity index (χ3n) is 9.12. The lowest BCUT2D eigenvalue weighted by Crippen LogP contribution is -2.00. The van der Waals surface area contributed by atoms with Crippen LogP contribution in [0.3, 0.4) is 0 Å². The molecule has 0 fully saturated rings. The largest absolute Gasteiger partial charge is 0.456 e. The zero-order valence-electron chi connectivity index (χ0n) is 25.6. The van der Waals surface area contributed by atoms with Crippen molar-refractivity contribution < 1.29 is 8.83 Å². The average Bonchev–Trinajstić information content (AvgIpc) is 3.73. The molecular formula is C43H25N3O2. The first-order chi connectivity index (χ1) is 23.8. The van der Waals surface area contributed by atoms with E-state index in [-0.39, 0.29) is 0 Å². The molecule has 0 N–H and O–H groups in total. The Morgan fingerprint density at radius 1 is 0.333 bits per heavy atom. The molecule has 0 spiro atoms. The highest BCUT2D eigenvalue weighted by Gasteiger charge is 2.18. The first kappa shape index (κ1) is 26.6. The van der Waals surface area contributed by atoms with Crippen LogP contribution in [0, 0.1) is 0 Å². The van der Waals surface area contributed by atoms with Crippen molar-refractivity contribution in [3.63, 3.8) is 0 Å². The van der Waals surface area contributed by atoms with Crippen molar-refractivity contribution in [2.45, 2.75) is 0 Å². The molecule has 3 aromatic heterocycles. The highest BCUT2D eigenvalue weighted by Crippen LogP contribution is 2.41. The minimum Gasteiger partial charge on any atom is -0.456 e. The molecule has 0 saturated heterocycles. The van der Waals surface area contributed by atoms with Gasteiger partial charge in [-0.05, 0) is 70.4 Å². The van der Waals surface area contributed by atoms with Gasteiger partial charge in [0, 0.05) is 38.2 Å². The first-order valence-electron chi connectivity index (χ1n) is 15.9. The standard InChI is InChI=1S/C43H25N3O2/c1-2-11-26(12-3-1)41-44-42(28-21-22-38-35(24-28)31-15-6-8-18-36(31)47-38)46-43(45-41)29-23-27-13-4-5-14-30(27)34(25-29)32-17-10-20-39-40(32)33-16-7-9-19-37(33)48-39/h1-25H. The molecular weight excluding hydrogens is 590 g/mol. The summed E-state index contributed by atoms with van der Waals surface area (Å²) >= 11 is 0. The zero-order chi connectivity index (χ0) is 31.6. The Morgan fingerprint density at radius 2 is 0.938 bits per heavy atom. The summed E-state index contributed by atoms with van der Waals surface area (Å²) in [5.41, 5.74) is 8.34. The van der Waals surface area contributed by atoms with Crippen molar-refractivity contribution in [1.29, 1.82) is 0 Å². The molecule has 5 heteroatoms. The van der Waals surface area contributed by atoms with Crippen molar-refractivity contribution in [1.82, 2.24) is 15.0 Å². The number of rotatable bonds is 4. The molecule has 0 radical (unpaired) electrons. The number of benzene rings is 7. The van der Waals surface area contributed by atoms with Crippen molar-refractivity contribution in [2.75, 3.05) is 0 Å². The summed E-state index contributed by atoms with van der Waals surface area (Å²) in [6, 6.07) is 51.7. The number of hydrogen-bond donors (Lipinski definition) is 0. The van der Waals surface area contributed by atoms with Crippen molar-refractivity contribution in [2.24, 2.45) is 0 Å². The summed E-state index contributed by atoms with van der Waals surface area (Å²) in [6.45, 7) is 0. The van der Waals surface area contributed by atoms with E-state index in [0.29, 0.717) is 17.5 Å². The summed E-state index contributed by atoms with van der Waals surface area (Å²) in [6.07, 6.45) is 0. The van der Waals surface area contributed by atoms with Gasteiger partial charge in [-0.3, -0.25) is 0 Å². The molecule has 224 valence electrons. The molecule has 0 atom stereocenters. The van der Waals surface area contributed by atoms with Gasteiger partial charge < -0.3 is 8.83 Å². The van der Waals surface area contributed by atoms with E-state index in [1.54, 1.807) is 0 Å². The Labute approximate surface area is 274 Å². The van der Waals surface area contributed by atoms with Crippen LogP contribution in [0.5, 0.6) is 0 Å². The topological polar surface area (TPSA) is 65.0 Å².